The van der Waals surface area contributed by atoms with Crippen LogP contribution in [0.15, 0.2) is 0 Å². The summed E-state index contributed by atoms with van der Waals surface area (Å²) in [5.41, 5.74) is -0.496. The molecule has 4 atom stereocenters. The van der Waals surface area contributed by atoms with Crippen LogP contribution in [0.4, 0.5) is 0 Å². The molecule has 2 rings (SSSR count). The van der Waals surface area contributed by atoms with E-state index in [0.717, 1.165) is 32.4 Å². The van der Waals surface area contributed by atoms with E-state index in [1.807, 2.05) is 7.05 Å². The standard InChI is InChI=1S/C14H26N2O3/c1-10-8-16(9-11(2)19-10)12-5-6-14(7-12,15-3)13(17)18-4/h10-12,15H,5-9H2,1-4H3/t10-,11+,12?,14?. The SMILES string of the molecule is CNC1(C(=O)OC)CCC(N2C[C@@H](C)O[C@@H](C)C2)C1. The minimum absolute atomic E-state index is 0.133. The summed E-state index contributed by atoms with van der Waals surface area (Å²) in [5.74, 6) is -0.133. The summed E-state index contributed by atoms with van der Waals surface area (Å²) in [4.78, 5) is 14.5. The molecule has 0 bridgehead atoms. The Hall–Kier alpha value is -0.650. The number of hydrogen-bond acceptors (Lipinski definition) is 5. The van der Waals surface area contributed by atoms with Crippen LogP contribution < -0.4 is 5.32 Å². The monoisotopic (exact) mass is 270 g/mol. The number of esters is 1. The number of hydrogen-bond donors (Lipinski definition) is 1. The maximum absolute atomic E-state index is 12.0. The maximum atomic E-state index is 12.0. The van der Waals surface area contributed by atoms with E-state index in [4.69, 9.17) is 9.47 Å². The number of rotatable bonds is 3. The van der Waals surface area contributed by atoms with Crippen molar-refractivity contribution in [2.75, 3.05) is 27.2 Å². The van der Waals surface area contributed by atoms with Crippen LogP contribution >= 0.6 is 0 Å². The van der Waals surface area contributed by atoms with Crippen molar-refractivity contribution in [1.82, 2.24) is 10.2 Å². The van der Waals surface area contributed by atoms with Gasteiger partial charge in [0, 0.05) is 19.1 Å². The topological polar surface area (TPSA) is 50.8 Å². The van der Waals surface area contributed by atoms with Crippen LogP contribution in [-0.2, 0) is 14.3 Å². The largest absolute Gasteiger partial charge is 0.468 e. The van der Waals surface area contributed by atoms with Gasteiger partial charge in [-0.2, -0.15) is 0 Å². The fraction of sp³-hybridized carbons (Fsp3) is 0.929. The molecule has 2 fully saturated rings. The molecular weight excluding hydrogens is 244 g/mol. The Labute approximate surface area is 115 Å². The number of nitrogens with zero attached hydrogens (tertiary/aromatic N) is 1. The maximum Gasteiger partial charge on any atom is 0.326 e. The summed E-state index contributed by atoms with van der Waals surface area (Å²) < 4.78 is 10.7. The molecule has 0 aromatic heterocycles. The quantitative estimate of drug-likeness (QED) is 0.768. The van der Waals surface area contributed by atoms with Crippen molar-refractivity contribution in [1.29, 1.82) is 0 Å². The van der Waals surface area contributed by atoms with Crippen molar-refractivity contribution in [3.8, 4) is 0 Å². The third-order valence-electron chi connectivity index (χ3n) is 4.51. The Bertz CT molecular complexity index is 327. The zero-order valence-electron chi connectivity index (χ0n) is 12.4. The summed E-state index contributed by atoms with van der Waals surface area (Å²) >= 11 is 0. The fourth-order valence-electron chi connectivity index (χ4n) is 3.56. The number of ether oxygens (including phenoxy) is 2. The first-order chi connectivity index (χ1) is 9.00. The first-order valence-corrected chi connectivity index (χ1v) is 7.17. The second-order valence-electron chi connectivity index (χ2n) is 5.93. The highest BCUT2D eigenvalue weighted by Gasteiger charge is 2.47. The van der Waals surface area contributed by atoms with Gasteiger partial charge in [-0.05, 0) is 40.2 Å². The highest BCUT2D eigenvalue weighted by molar-refractivity contribution is 5.81. The van der Waals surface area contributed by atoms with E-state index in [9.17, 15) is 4.79 Å². The van der Waals surface area contributed by atoms with E-state index in [1.165, 1.54) is 7.11 Å². The Balaban J connectivity index is 2.02. The lowest BCUT2D eigenvalue weighted by Gasteiger charge is -2.39. The predicted octanol–water partition coefficient (Wildman–Crippen LogP) is 0.779. The zero-order valence-corrected chi connectivity index (χ0v) is 12.4. The second-order valence-corrected chi connectivity index (χ2v) is 5.93. The van der Waals surface area contributed by atoms with Crippen molar-refractivity contribution in [2.24, 2.45) is 0 Å². The lowest BCUT2D eigenvalue weighted by molar-refractivity contribution is -0.148. The lowest BCUT2D eigenvalue weighted by atomic mass is 9.97. The molecule has 5 heteroatoms. The minimum atomic E-state index is -0.496. The van der Waals surface area contributed by atoms with Crippen LogP contribution in [0.2, 0.25) is 0 Å². The summed E-state index contributed by atoms with van der Waals surface area (Å²) in [5, 5.41) is 3.19. The van der Waals surface area contributed by atoms with E-state index < -0.39 is 5.54 Å². The van der Waals surface area contributed by atoms with E-state index in [0.29, 0.717) is 6.04 Å². The number of nitrogens with one attached hydrogen (secondary N) is 1. The number of morpholine rings is 1. The minimum Gasteiger partial charge on any atom is -0.468 e. The third kappa shape index (κ3) is 2.93. The molecule has 19 heavy (non-hydrogen) atoms. The van der Waals surface area contributed by atoms with Gasteiger partial charge in [-0.25, -0.2) is 0 Å². The van der Waals surface area contributed by atoms with Crippen LogP contribution in [0.25, 0.3) is 0 Å². The van der Waals surface area contributed by atoms with Gasteiger partial charge in [-0.1, -0.05) is 0 Å². The van der Waals surface area contributed by atoms with E-state index in [1.54, 1.807) is 0 Å². The molecule has 1 N–H and O–H groups in total. The Morgan fingerprint density at radius 1 is 1.37 bits per heavy atom. The predicted molar refractivity (Wildman–Crippen MR) is 73.0 cm³/mol. The number of likely N-dealkylation sites (N-methyl/N-ethyl adjacent to an activating group) is 1. The molecule has 0 aromatic rings. The van der Waals surface area contributed by atoms with Gasteiger partial charge in [0.25, 0.3) is 0 Å². The van der Waals surface area contributed by atoms with Crippen LogP contribution in [-0.4, -0.2) is 61.9 Å². The zero-order chi connectivity index (χ0) is 14.0. The molecule has 0 spiro atoms. The van der Waals surface area contributed by atoms with Crippen LogP contribution in [0, 0.1) is 0 Å². The van der Waals surface area contributed by atoms with E-state index in [-0.39, 0.29) is 18.2 Å². The molecule has 2 unspecified atom stereocenters. The van der Waals surface area contributed by atoms with Crippen LogP contribution in [0.3, 0.4) is 0 Å². The molecule has 1 heterocycles. The van der Waals surface area contributed by atoms with Gasteiger partial charge in [0.2, 0.25) is 0 Å². The van der Waals surface area contributed by atoms with Gasteiger partial charge in [0.15, 0.2) is 0 Å². The lowest BCUT2D eigenvalue weighted by Crippen LogP contribution is -2.53. The van der Waals surface area contributed by atoms with E-state index in [2.05, 4.69) is 24.1 Å². The van der Waals surface area contributed by atoms with Gasteiger partial charge >= 0.3 is 5.97 Å². The average Bonchev–Trinajstić information content (AvgIpc) is 2.82. The summed E-state index contributed by atoms with van der Waals surface area (Å²) in [6.07, 6.45) is 3.25. The Morgan fingerprint density at radius 3 is 2.53 bits per heavy atom. The molecule has 0 aromatic carbocycles. The van der Waals surface area contributed by atoms with Crippen molar-refractivity contribution in [2.45, 2.75) is 56.9 Å². The average molecular weight is 270 g/mol. The van der Waals surface area contributed by atoms with Crippen LogP contribution in [0.1, 0.15) is 33.1 Å². The number of carbonyl (C=O) groups excluding carboxylic acids is 1. The van der Waals surface area contributed by atoms with Gasteiger partial charge in [0.05, 0.1) is 19.3 Å². The van der Waals surface area contributed by atoms with Crippen molar-refractivity contribution < 1.29 is 14.3 Å². The molecule has 110 valence electrons. The molecule has 0 radical (unpaired) electrons. The van der Waals surface area contributed by atoms with Gasteiger partial charge in [-0.3, -0.25) is 9.69 Å². The molecule has 1 saturated heterocycles. The fourth-order valence-corrected chi connectivity index (χ4v) is 3.56. The summed E-state index contributed by atoms with van der Waals surface area (Å²) in [7, 11) is 3.32. The highest BCUT2D eigenvalue weighted by Crippen LogP contribution is 2.35. The second kappa shape index (κ2) is 5.77. The smallest absolute Gasteiger partial charge is 0.326 e. The molecule has 5 nitrogen and oxygen atoms in total. The Morgan fingerprint density at radius 2 is 2.00 bits per heavy atom. The molecule has 2 aliphatic rings. The van der Waals surface area contributed by atoms with Crippen molar-refractivity contribution in [3.05, 3.63) is 0 Å². The summed E-state index contributed by atoms with van der Waals surface area (Å²) in [6, 6.07) is 0.445. The van der Waals surface area contributed by atoms with Gasteiger partial charge in [-0.15, -0.1) is 0 Å². The first-order valence-electron chi connectivity index (χ1n) is 7.17. The molecule has 1 aliphatic carbocycles. The van der Waals surface area contributed by atoms with Crippen molar-refractivity contribution >= 4 is 5.97 Å². The molecule has 1 saturated carbocycles. The number of methoxy groups -OCH3 is 1. The van der Waals surface area contributed by atoms with E-state index >= 15 is 0 Å². The van der Waals surface area contributed by atoms with Crippen molar-refractivity contribution in [3.63, 3.8) is 0 Å². The Kier molecular flexibility index (Phi) is 4.48. The number of carbonyl (C=O) groups is 1. The molecule has 1 aliphatic heterocycles. The molecule has 0 amide bonds. The normalized spacial score (nSPS) is 40.3. The summed E-state index contributed by atoms with van der Waals surface area (Å²) in [6.45, 7) is 6.14. The van der Waals surface area contributed by atoms with Crippen LogP contribution in [0.5, 0.6) is 0 Å². The van der Waals surface area contributed by atoms with Gasteiger partial charge in [0.1, 0.15) is 5.54 Å². The van der Waals surface area contributed by atoms with Gasteiger partial charge < -0.3 is 14.8 Å². The highest BCUT2D eigenvalue weighted by atomic mass is 16.5. The third-order valence-corrected chi connectivity index (χ3v) is 4.51. The first kappa shape index (κ1) is 14.8. The molecular formula is C14H26N2O3.